The standard InChI is InChI=1S/C17H16F3N3O3/c18-17(19,20)16(15(25)26)6-9-22(11-16)14(24)13-4-2-12(3-5-13)10-23-8-1-7-21-23/h1-5,7-8H,6,9-11H2,(H,25,26). The van der Waals surface area contributed by atoms with E-state index in [4.69, 9.17) is 5.11 Å². The third kappa shape index (κ3) is 3.16. The van der Waals surface area contributed by atoms with E-state index < -0.39 is 36.4 Å². The summed E-state index contributed by atoms with van der Waals surface area (Å²) in [6.07, 6.45) is -2.14. The first kappa shape index (κ1) is 18.0. The molecule has 1 fully saturated rings. The van der Waals surface area contributed by atoms with Gasteiger partial charge >= 0.3 is 12.1 Å². The highest BCUT2D eigenvalue weighted by atomic mass is 19.4. The Morgan fingerprint density at radius 1 is 1.23 bits per heavy atom. The average Bonchev–Trinajstić information content (AvgIpc) is 3.24. The van der Waals surface area contributed by atoms with Gasteiger partial charge in [0.25, 0.3) is 5.91 Å². The zero-order valence-corrected chi connectivity index (χ0v) is 13.6. The highest BCUT2D eigenvalue weighted by Gasteiger charge is 2.64. The molecule has 0 aliphatic carbocycles. The molecule has 1 atom stereocenters. The van der Waals surface area contributed by atoms with Crippen molar-refractivity contribution in [3.05, 3.63) is 53.9 Å². The van der Waals surface area contributed by atoms with E-state index in [1.165, 1.54) is 12.1 Å². The molecule has 1 N–H and O–H groups in total. The van der Waals surface area contributed by atoms with Crippen molar-refractivity contribution in [2.45, 2.75) is 19.1 Å². The molecule has 1 aromatic heterocycles. The highest BCUT2D eigenvalue weighted by Crippen LogP contribution is 2.45. The van der Waals surface area contributed by atoms with Crippen LogP contribution >= 0.6 is 0 Å². The first-order valence-corrected chi connectivity index (χ1v) is 7.89. The highest BCUT2D eigenvalue weighted by molar-refractivity contribution is 5.95. The van der Waals surface area contributed by atoms with E-state index in [9.17, 15) is 22.8 Å². The van der Waals surface area contributed by atoms with Crippen molar-refractivity contribution < 1.29 is 27.9 Å². The van der Waals surface area contributed by atoms with Crippen molar-refractivity contribution in [1.82, 2.24) is 14.7 Å². The van der Waals surface area contributed by atoms with E-state index in [1.807, 2.05) is 0 Å². The topological polar surface area (TPSA) is 75.4 Å². The summed E-state index contributed by atoms with van der Waals surface area (Å²) in [4.78, 5) is 24.6. The van der Waals surface area contributed by atoms with Gasteiger partial charge in [-0.05, 0) is 30.2 Å². The van der Waals surface area contributed by atoms with Gasteiger partial charge in [-0.25, -0.2) is 0 Å². The number of nitrogens with zero attached hydrogens (tertiary/aromatic N) is 3. The summed E-state index contributed by atoms with van der Waals surface area (Å²) in [6, 6.07) is 8.21. The minimum absolute atomic E-state index is 0.220. The van der Waals surface area contributed by atoms with Gasteiger partial charge in [0.2, 0.25) is 0 Å². The number of halogens is 3. The Kier molecular flexibility index (Phi) is 4.47. The normalized spacial score (nSPS) is 20.3. The molecular formula is C17H16F3N3O3. The number of amides is 1. The third-order valence-electron chi connectivity index (χ3n) is 4.61. The Hall–Kier alpha value is -2.84. The van der Waals surface area contributed by atoms with Crippen LogP contribution in [0, 0.1) is 5.41 Å². The van der Waals surface area contributed by atoms with Gasteiger partial charge in [-0.1, -0.05) is 12.1 Å². The first-order valence-electron chi connectivity index (χ1n) is 7.89. The fourth-order valence-corrected chi connectivity index (χ4v) is 3.03. The van der Waals surface area contributed by atoms with E-state index in [1.54, 1.807) is 35.3 Å². The summed E-state index contributed by atoms with van der Waals surface area (Å²) in [5.41, 5.74) is -1.80. The SMILES string of the molecule is O=C(c1ccc(Cn2cccn2)cc1)N1CCC(C(=O)O)(C(F)(F)F)C1. The van der Waals surface area contributed by atoms with Gasteiger partial charge in [-0.15, -0.1) is 0 Å². The molecule has 0 saturated carbocycles. The van der Waals surface area contributed by atoms with Crippen LogP contribution in [0.15, 0.2) is 42.7 Å². The first-order chi connectivity index (χ1) is 12.2. The van der Waals surface area contributed by atoms with Crippen molar-refractivity contribution in [2.75, 3.05) is 13.1 Å². The molecule has 26 heavy (non-hydrogen) atoms. The molecule has 1 aromatic carbocycles. The van der Waals surface area contributed by atoms with Gasteiger partial charge in [0.15, 0.2) is 5.41 Å². The maximum Gasteiger partial charge on any atom is 0.406 e. The zero-order valence-electron chi connectivity index (χ0n) is 13.6. The van der Waals surface area contributed by atoms with Crippen LogP contribution in [-0.2, 0) is 11.3 Å². The molecule has 0 bridgehead atoms. The number of alkyl halides is 3. The number of likely N-dealkylation sites (tertiary alicyclic amines) is 1. The van der Waals surface area contributed by atoms with Gasteiger partial charge < -0.3 is 10.0 Å². The Bertz CT molecular complexity index is 803. The van der Waals surface area contributed by atoms with E-state index in [0.29, 0.717) is 6.54 Å². The number of carboxylic acid groups (broad SMARTS) is 1. The van der Waals surface area contributed by atoms with E-state index >= 15 is 0 Å². The zero-order chi connectivity index (χ0) is 18.9. The number of hydrogen-bond donors (Lipinski definition) is 1. The summed E-state index contributed by atoms with van der Waals surface area (Å²) in [5, 5.41) is 13.1. The van der Waals surface area contributed by atoms with Crippen LogP contribution in [-0.4, -0.2) is 50.9 Å². The fourth-order valence-electron chi connectivity index (χ4n) is 3.03. The minimum atomic E-state index is -4.92. The number of carbonyl (C=O) groups is 2. The molecule has 0 spiro atoms. The van der Waals surface area contributed by atoms with Gasteiger partial charge in [0.1, 0.15) is 0 Å². The van der Waals surface area contributed by atoms with Crippen LogP contribution in [0.2, 0.25) is 0 Å². The van der Waals surface area contributed by atoms with Crippen LogP contribution in [0.4, 0.5) is 13.2 Å². The fraction of sp³-hybridized carbons (Fsp3) is 0.353. The van der Waals surface area contributed by atoms with E-state index in [2.05, 4.69) is 5.10 Å². The molecule has 6 nitrogen and oxygen atoms in total. The van der Waals surface area contributed by atoms with Crippen LogP contribution in [0.3, 0.4) is 0 Å². The molecule has 9 heteroatoms. The lowest BCUT2D eigenvalue weighted by Gasteiger charge is -2.27. The molecule has 1 unspecified atom stereocenters. The van der Waals surface area contributed by atoms with Crippen molar-refractivity contribution >= 4 is 11.9 Å². The molecule has 3 rings (SSSR count). The number of carboxylic acids is 1. The number of carbonyl (C=O) groups excluding carboxylic acids is 1. The Balaban J connectivity index is 1.73. The Morgan fingerprint density at radius 3 is 2.42 bits per heavy atom. The van der Waals surface area contributed by atoms with Crippen molar-refractivity contribution in [2.24, 2.45) is 5.41 Å². The lowest BCUT2D eigenvalue weighted by molar-refractivity contribution is -0.227. The van der Waals surface area contributed by atoms with Crippen LogP contribution in [0.25, 0.3) is 0 Å². The lowest BCUT2D eigenvalue weighted by atomic mass is 9.86. The molecular weight excluding hydrogens is 351 g/mol. The largest absolute Gasteiger partial charge is 0.481 e. The van der Waals surface area contributed by atoms with Crippen molar-refractivity contribution in [3.8, 4) is 0 Å². The molecule has 1 aliphatic rings. The Morgan fingerprint density at radius 2 is 1.92 bits per heavy atom. The molecule has 2 heterocycles. The van der Waals surface area contributed by atoms with Crippen LogP contribution in [0.5, 0.6) is 0 Å². The van der Waals surface area contributed by atoms with Crippen molar-refractivity contribution in [1.29, 1.82) is 0 Å². The Labute approximate surface area is 146 Å². The molecule has 1 aliphatic heterocycles. The summed E-state index contributed by atoms with van der Waals surface area (Å²) in [6.45, 7) is -0.624. The number of benzene rings is 1. The van der Waals surface area contributed by atoms with Gasteiger partial charge in [-0.2, -0.15) is 18.3 Å². The quantitative estimate of drug-likeness (QED) is 0.901. The summed E-state index contributed by atoms with van der Waals surface area (Å²) in [7, 11) is 0. The maximum absolute atomic E-state index is 13.2. The third-order valence-corrected chi connectivity index (χ3v) is 4.61. The summed E-state index contributed by atoms with van der Waals surface area (Å²) >= 11 is 0. The predicted octanol–water partition coefficient (Wildman–Crippen LogP) is 2.41. The molecule has 138 valence electrons. The lowest BCUT2D eigenvalue weighted by Crippen LogP contribution is -2.47. The molecule has 1 amide bonds. The van der Waals surface area contributed by atoms with Gasteiger partial charge in [0, 0.05) is 31.0 Å². The monoisotopic (exact) mass is 367 g/mol. The maximum atomic E-state index is 13.2. The smallest absolute Gasteiger partial charge is 0.406 e. The summed E-state index contributed by atoms with van der Waals surface area (Å²) in [5.74, 6) is -2.56. The predicted molar refractivity (Wildman–Crippen MR) is 84.4 cm³/mol. The number of rotatable bonds is 4. The number of hydrogen-bond acceptors (Lipinski definition) is 3. The van der Waals surface area contributed by atoms with Crippen molar-refractivity contribution in [3.63, 3.8) is 0 Å². The van der Waals surface area contributed by atoms with E-state index in [0.717, 1.165) is 10.5 Å². The number of aromatic nitrogens is 2. The minimum Gasteiger partial charge on any atom is -0.481 e. The van der Waals surface area contributed by atoms with Crippen LogP contribution < -0.4 is 0 Å². The summed E-state index contributed by atoms with van der Waals surface area (Å²) < 4.78 is 41.3. The molecule has 0 radical (unpaired) electrons. The second-order valence-corrected chi connectivity index (χ2v) is 6.26. The van der Waals surface area contributed by atoms with Crippen LogP contribution in [0.1, 0.15) is 22.3 Å². The second kappa shape index (κ2) is 6.47. The van der Waals surface area contributed by atoms with E-state index in [-0.39, 0.29) is 12.1 Å². The number of aliphatic carboxylic acids is 1. The van der Waals surface area contributed by atoms with Gasteiger partial charge in [-0.3, -0.25) is 14.3 Å². The average molecular weight is 367 g/mol. The second-order valence-electron chi connectivity index (χ2n) is 6.26. The van der Waals surface area contributed by atoms with Gasteiger partial charge in [0.05, 0.1) is 6.54 Å². The molecule has 1 saturated heterocycles. The molecule has 2 aromatic rings.